The van der Waals surface area contributed by atoms with Crippen LogP contribution in [-0.4, -0.2) is 53.4 Å². The standard InChI is InChI=1S/C12H17N3O3S2/c1-2-20(17,18)11-8-19-6-5-15(11)12(16)10-7-9(13)3-4-14-10/h3-4,7,11H,2,5-6,8H2,1H3,(H2,13,14). The lowest BCUT2D eigenvalue weighted by Crippen LogP contribution is -2.50. The third-order valence-corrected chi connectivity index (χ3v) is 6.45. The van der Waals surface area contributed by atoms with Crippen LogP contribution in [0.25, 0.3) is 0 Å². The highest BCUT2D eigenvalue weighted by molar-refractivity contribution is 8.01. The van der Waals surface area contributed by atoms with Crippen molar-refractivity contribution in [3.63, 3.8) is 0 Å². The van der Waals surface area contributed by atoms with Crippen molar-refractivity contribution in [1.82, 2.24) is 9.88 Å². The first-order chi connectivity index (χ1) is 9.45. The van der Waals surface area contributed by atoms with Gasteiger partial charge in [0.15, 0.2) is 9.84 Å². The molecule has 2 heterocycles. The zero-order chi connectivity index (χ0) is 14.8. The number of carbonyl (C=O) groups excluding carboxylic acids is 1. The van der Waals surface area contributed by atoms with E-state index in [9.17, 15) is 13.2 Å². The number of aromatic nitrogens is 1. The number of thioether (sulfide) groups is 1. The van der Waals surface area contributed by atoms with E-state index in [0.29, 0.717) is 18.0 Å². The summed E-state index contributed by atoms with van der Waals surface area (Å²) in [6, 6.07) is 3.06. The van der Waals surface area contributed by atoms with Crippen LogP contribution < -0.4 is 5.73 Å². The monoisotopic (exact) mass is 315 g/mol. The minimum Gasteiger partial charge on any atom is -0.399 e. The van der Waals surface area contributed by atoms with Crippen LogP contribution in [0.1, 0.15) is 17.4 Å². The minimum absolute atomic E-state index is 0.0202. The third kappa shape index (κ3) is 3.06. The van der Waals surface area contributed by atoms with Gasteiger partial charge in [0.2, 0.25) is 0 Å². The molecule has 0 saturated carbocycles. The van der Waals surface area contributed by atoms with Gasteiger partial charge in [0.05, 0.1) is 0 Å². The Kier molecular flexibility index (Phi) is 4.54. The average molecular weight is 315 g/mol. The van der Waals surface area contributed by atoms with E-state index in [4.69, 9.17) is 5.73 Å². The Bertz CT molecular complexity index is 604. The predicted molar refractivity (Wildman–Crippen MR) is 80.3 cm³/mol. The summed E-state index contributed by atoms with van der Waals surface area (Å²) >= 11 is 1.55. The fraction of sp³-hybridized carbons (Fsp3) is 0.500. The first kappa shape index (κ1) is 15.1. The largest absolute Gasteiger partial charge is 0.399 e. The molecule has 0 aliphatic carbocycles. The summed E-state index contributed by atoms with van der Waals surface area (Å²) in [7, 11) is -3.31. The van der Waals surface area contributed by atoms with Gasteiger partial charge in [0.1, 0.15) is 11.1 Å². The Morgan fingerprint density at radius 2 is 2.35 bits per heavy atom. The Balaban J connectivity index is 2.31. The molecule has 0 bridgehead atoms. The number of anilines is 1. The smallest absolute Gasteiger partial charge is 0.273 e. The molecule has 0 spiro atoms. The van der Waals surface area contributed by atoms with E-state index in [1.54, 1.807) is 24.8 Å². The molecular formula is C12H17N3O3S2. The van der Waals surface area contributed by atoms with Crippen LogP contribution >= 0.6 is 11.8 Å². The van der Waals surface area contributed by atoms with Gasteiger partial charge < -0.3 is 10.6 Å². The normalized spacial score (nSPS) is 19.9. The van der Waals surface area contributed by atoms with Gasteiger partial charge in [-0.25, -0.2) is 8.42 Å². The zero-order valence-electron chi connectivity index (χ0n) is 11.2. The summed E-state index contributed by atoms with van der Waals surface area (Å²) in [5, 5.41) is -0.776. The molecule has 1 amide bonds. The number of amides is 1. The molecule has 0 aromatic carbocycles. The molecule has 6 nitrogen and oxygen atoms in total. The van der Waals surface area contributed by atoms with Gasteiger partial charge in [-0.05, 0) is 12.1 Å². The third-order valence-electron chi connectivity index (χ3n) is 3.17. The highest BCUT2D eigenvalue weighted by Crippen LogP contribution is 2.23. The number of nitrogens with two attached hydrogens (primary N) is 1. The van der Waals surface area contributed by atoms with Gasteiger partial charge in [0.25, 0.3) is 5.91 Å². The fourth-order valence-electron chi connectivity index (χ4n) is 2.01. The molecule has 8 heteroatoms. The van der Waals surface area contributed by atoms with Gasteiger partial charge in [-0.1, -0.05) is 6.92 Å². The maximum atomic E-state index is 12.5. The number of nitrogen functional groups attached to an aromatic ring is 1. The molecule has 1 aromatic heterocycles. The molecule has 1 aliphatic heterocycles. The van der Waals surface area contributed by atoms with Crippen molar-refractivity contribution in [1.29, 1.82) is 0 Å². The van der Waals surface area contributed by atoms with Gasteiger partial charge >= 0.3 is 0 Å². The van der Waals surface area contributed by atoms with Crippen LogP contribution in [0.15, 0.2) is 18.3 Å². The summed E-state index contributed by atoms with van der Waals surface area (Å²) < 4.78 is 24.2. The van der Waals surface area contributed by atoms with E-state index in [1.165, 1.54) is 17.2 Å². The average Bonchev–Trinajstić information content (AvgIpc) is 2.46. The van der Waals surface area contributed by atoms with E-state index in [0.717, 1.165) is 5.75 Å². The van der Waals surface area contributed by atoms with Gasteiger partial charge in [-0.3, -0.25) is 9.78 Å². The first-order valence-corrected chi connectivity index (χ1v) is 9.14. The fourth-order valence-corrected chi connectivity index (χ4v) is 4.98. The van der Waals surface area contributed by atoms with E-state index >= 15 is 0 Å². The Morgan fingerprint density at radius 3 is 3.00 bits per heavy atom. The molecule has 1 atom stereocenters. The lowest BCUT2D eigenvalue weighted by Gasteiger charge is -2.34. The molecule has 1 unspecified atom stereocenters. The Morgan fingerprint density at radius 1 is 1.60 bits per heavy atom. The molecule has 2 N–H and O–H groups in total. The van der Waals surface area contributed by atoms with E-state index < -0.39 is 15.2 Å². The molecule has 1 aromatic rings. The van der Waals surface area contributed by atoms with Crippen LogP contribution in [0.5, 0.6) is 0 Å². The summed E-state index contributed by atoms with van der Waals surface area (Å²) in [6.07, 6.45) is 1.45. The lowest BCUT2D eigenvalue weighted by atomic mass is 10.3. The second-order valence-electron chi connectivity index (χ2n) is 4.45. The highest BCUT2D eigenvalue weighted by atomic mass is 32.2. The van der Waals surface area contributed by atoms with Gasteiger partial charge in [-0.2, -0.15) is 11.8 Å². The summed E-state index contributed by atoms with van der Waals surface area (Å²) in [6.45, 7) is 2.00. The van der Waals surface area contributed by atoms with Crippen molar-refractivity contribution < 1.29 is 13.2 Å². The molecular weight excluding hydrogens is 298 g/mol. The van der Waals surface area contributed by atoms with Crippen LogP contribution in [-0.2, 0) is 9.84 Å². The van der Waals surface area contributed by atoms with Crippen LogP contribution in [0, 0.1) is 0 Å². The van der Waals surface area contributed by atoms with Crippen molar-refractivity contribution in [2.24, 2.45) is 0 Å². The molecule has 20 heavy (non-hydrogen) atoms. The number of hydrogen-bond acceptors (Lipinski definition) is 6. The van der Waals surface area contributed by atoms with Crippen molar-refractivity contribution >= 4 is 33.2 Å². The maximum Gasteiger partial charge on any atom is 0.273 e. The second-order valence-corrected chi connectivity index (χ2v) is 8.05. The molecule has 1 aliphatic rings. The van der Waals surface area contributed by atoms with Crippen molar-refractivity contribution in [2.75, 3.05) is 29.5 Å². The number of nitrogens with zero attached hydrogens (tertiary/aromatic N) is 2. The SMILES string of the molecule is CCS(=O)(=O)C1CSCCN1C(=O)c1cc(N)ccn1. The first-order valence-electron chi connectivity index (χ1n) is 6.27. The molecule has 1 saturated heterocycles. The lowest BCUT2D eigenvalue weighted by molar-refractivity contribution is 0.0743. The van der Waals surface area contributed by atoms with E-state index in [1.807, 2.05) is 0 Å². The van der Waals surface area contributed by atoms with Crippen molar-refractivity contribution in [3.8, 4) is 0 Å². The van der Waals surface area contributed by atoms with Crippen molar-refractivity contribution in [3.05, 3.63) is 24.0 Å². The number of sulfone groups is 1. The van der Waals surface area contributed by atoms with Gasteiger partial charge in [0, 0.05) is 35.7 Å². The number of pyridine rings is 1. The van der Waals surface area contributed by atoms with Crippen molar-refractivity contribution in [2.45, 2.75) is 12.3 Å². The highest BCUT2D eigenvalue weighted by Gasteiger charge is 2.36. The molecule has 110 valence electrons. The second kappa shape index (κ2) is 6.01. The number of hydrogen-bond donors (Lipinski definition) is 1. The minimum atomic E-state index is -3.31. The van der Waals surface area contributed by atoms with Crippen LogP contribution in [0.4, 0.5) is 5.69 Å². The van der Waals surface area contributed by atoms with E-state index in [-0.39, 0.29) is 17.4 Å². The van der Waals surface area contributed by atoms with Crippen LogP contribution in [0.3, 0.4) is 0 Å². The Hall–Kier alpha value is -1.28. The maximum absolute atomic E-state index is 12.5. The number of rotatable bonds is 3. The zero-order valence-corrected chi connectivity index (χ0v) is 12.8. The van der Waals surface area contributed by atoms with Crippen LogP contribution in [0.2, 0.25) is 0 Å². The predicted octanol–water partition coefficient (Wildman–Crippen LogP) is 0.614. The molecule has 0 radical (unpaired) electrons. The molecule has 1 fully saturated rings. The summed E-state index contributed by atoms with van der Waals surface area (Å²) in [5.74, 6) is 0.778. The number of carbonyl (C=O) groups is 1. The molecule has 2 rings (SSSR count). The summed E-state index contributed by atoms with van der Waals surface area (Å²) in [5.41, 5.74) is 6.26. The quantitative estimate of drug-likeness (QED) is 0.878. The topological polar surface area (TPSA) is 93.4 Å². The van der Waals surface area contributed by atoms with E-state index in [2.05, 4.69) is 4.98 Å². The Labute approximate surface area is 122 Å². The van der Waals surface area contributed by atoms with Gasteiger partial charge in [-0.15, -0.1) is 0 Å². The summed E-state index contributed by atoms with van der Waals surface area (Å²) in [4.78, 5) is 17.8.